The highest BCUT2D eigenvalue weighted by Gasteiger charge is 2.18. The molecule has 0 fully saturated rings. The van der Waals surface area contributed by atoms with Crippen LogP contribution in [0.4, 0.5) is 0 Å². The summed E-state index contributed by atoms with van der Waals surface area (Å²) < 4.78 is 4.52. The van der Waals surface area contributed by atoms with Gasteiger partial charge in [-0.15, -0.1) is 11.8 Å². The van der Waals surface area contributed by atoms with Crippen molar-refractivity contribution in [3.63, 3.8) is 0 Å². The van der Waals surface area contributed by atoms with Crippen LogP contribution in [0.15, 0.2) is 12.2 Å². The van der Waals surface area contributed by atoms with Crippen LogP contribution in [0.1, 0.15) is 0 Å². The molecule has 0 amide bonds. The summed E-state index contributed by atoms with van der Waals surface area (Å²) >= 11 is 1.59. The fraction of sp³-hybridized carbons (Fsp3) is 0.500. The number of esters is 1. The van der Waals surface area contributed by atoms with E-state index in [4.69, 9.17) is 0 Å². The summed E-state index contributed by atoms with van der Waals surface area (Å²) in [5.74, 6) is 0.786. The van der Waals surface area contributed by atoms with Gasteiger partial charge in [0.15, 0.2) is 0 Å². The molecule has 0 aromatic heterocycles. The maximum atomic E-state index is 10.7. The van der Waals surface area contributed by atoms with Crippen LogP contribution in [0.2, 0.25) is 0 Å². The summed E-state index contributed by atoms with van der Waals surface area (Å²) in [6.45, 7) is 0. The molecule has 0 spiro atoms. The summed E-state index contributed by atoms with van der Waals surface area (Å²) in [5, 5.41) is -0.0463. The molecule has 3 heteroatoms. The van der Waals surface area contributed by atoms with Crippen molar-refractivity contribution in [3.05, 3.63) is 12.2 Å². The van der Waals surface area contributed by atoms with Crippen molar-refractivity contribution in [3.8, 4) is 0 Å². The van der Waals surface area contributed by atoms with E-state index in [1.54, 1.807) is 11.8 Å². The lowest BCUT2D eigenvalue weighted by atomic mass is 10.4. The lowest BCUT2D eigenvalue weighted by molar-refractivity contribution is -0.138. The van der Waals surface area contributed by atoms with E-state index < -0.39 is 0 Å². The van der Waals surface area contributed by atoms with Gasteiger partial charge in [-0.3, -0.25) is 4.79 Å². The monoisotopic (exact) mass is 144 g/mol. The third-order valence-electron chi connectivity index (χ3n) is 1.12. The Labute approximate surface area is 58.3 Å². The van der Waals surface area contributed by atoms with Crippen molar-refractivity contribution in [1.29, 1.82) is 0 Å². The van der Waals surface area contributed by atoms with Gasteiger partial charge in [-0.2, -0.15) is 0 Å². The highest BCUT2D eigenvalue weighted by molar-refractivity contribution is 8.01. The number of rotatable bonds is 1. The highest BCUT2D eigenvalue weighted by atomic mass is 32.2. The SMILES string of the molecule is COC(=O)C1C=CCS1. The highest BCUT2D eigenvalue weighted by Crippen LogP contribution is 2.19. The summed E-state index contributed by atoms with van der Waals surface area (Å²) in [6, 6.07) is 0. The zero-order chi connectivity index (χ0) is 6.69. The largest absolute Gasteiger partial charge is 0.468 e. The average molecular weight is 144 g/mol. The van der Waals surface area contributed by atoms with Gasteiger partial charge in [-0.1, -0.05) is 12.2 Å². The predicted molar refractivity (Wildman–Crippen MR) is 37.4 cm³/mol. The molecule has 1 aliphatic heterocycles. The molecule has 0 saturated carbocycles. The Hall–Kier alpha value is -0.440. The number of carbonyl (C=O) groups excluding carboxylic acids is 1. The topological polar surface area (TPSA) is 26.3 Å². The minimum absolute atomic E-state index is 0.0463. The van der Waals surface area contributed by atoms with Crippen molar-refractivity contribution in [1.82, 2.24) is 0 Å². The Balaban J connectivity index is 2.43. The fourth-order valence-corrected chi connectivity index (χ4v) is 1.54. The van der Waals surface area contributed by atoms with Crippen LogP contribution < -0.4 is 0 Å². The second-order valence-corrected chi connectivity index (χ2v) is 2.88. The number of carbonyl (C=O) groups is 1. The van der Waals surface area contributed by atoms with Gasteiger partial charge in [0.25, 0.3) is 0 Å². The van der Waals surface area contributed by atoms with Crippen molar-refractivity contribution >= 4 is 17.7 Å². The maximum absolute atomic E-state index is 10.7. The summed E-state index contributed by atoms with van der Waals surface area (Å²) in [4.78, 5) is 10.7. The van der Waals surface area contributed by atoms with Crippen molar-refractivity contribution in [2.45, 2.75) is 5.25 Å². The van der Waals surface area contributed by atoms with Gasteiger partial charge in [0, 0.05) is 5.75 Å². The zero-order valence-corrected chi connectivity index (χ0v) is 5.98. The van der Waals surface area contributed by atoms with Crippen LogP contribution in [0.3, 0.4) is 0 Å². The Morgan fingerprint density at radius 1 is 1.89 bits per heavy atom. The lowest BCUT2D eigenvalue weighted by Gasteiger charge is -2.01. The molecule has 0 aromatic carbocycles. The van der Waals surface area contributed by atoms with E-state index in [1.165, 1.54) is 7.11 Å². The van der Waals surface area contributed by atoms with Crippen molar-refractivity contribution in [2.24, 2.45) is 0 Å². The number of hydrogen-bond acceptors (Lipinski definition) is 3. The minimum atomic E-state index is -0.145. The van der Waals surface area contributed by atoms with Crippen molar-refractivity contribution in [2.75, 3.05) is 12.9 Å². The summed E-state index contributed by atoms with van der Waals surface area (Å²) in [7, 11) is 1.41. The van der Waals surface area contributed by atoms with Crippen LogP contribution in [-0.4, -0.2) is 24.1 Å². The first-order chi connectivity index (χ1) is 4.34. The molecule has 1 atom stereocenters. The third kappa shape index (κ3) is 1.48. The molecule has 0 saturated heterocycles. The Morgan fingerprint density at radius 2 is 2.67 bits per heavy atom. The smallest absolute Gasteiger partial charge is 0.322 e. The van der Waals surface area contributed by atoms with Crippen LogP contribution in [0.5, 0.6) is 0 Å². The van der Waals surface area contributed by atoms with Gasteiger partial charge < -0.3 is 4.74 Å². The molecule has 50 valence electrons. The molecule has 1 unspecified atom stereocenters. The Bertz CT molecular complexity index is 142. The van der Waals surface area contributed by atoms with E-state index in [0.29, 0.717) is 0 Å². The first-order valence-corrected chi connectivity index (χ1v) is 3.75. The van der Waals surface area contributed by atoms with Crippen LogP contribution in [0, 0.1) is 0 Å². The molecule has 1 heterocycles. The first kappa shape index (κ1) is 6.68. The summed E-state index contributed by atoms with van der Waals surface area (Å²) in [6.07, 6.45) is 3.85. The van der Waals surface area contributed by atoms with E-state index in [0.717, 1.165) is 5.75 Å². The van der Waals surface area contributed by atoms with Gasteiger partial charge in [0.1, 0.15) is 5.25 Å². The quantitative estimate of drug-likeness (QED) is 0.403. The van der Waals surface area contributed by atoms with Crippen molar-refractivity contribution < 1.29 is 9.53 Å². The third-order valence-corrected chi connectivity index (χ3v) is 2.21. The molecule has 1 aliphatic rings. The maximum Gasteiger partial charge on any atom is 0.322 e. The van der Waals surface area contributed by atoms with E-state index >= 15 is 0 Å². The van der Waals surface area contributed by atoms with Crippen LogP contribution in [-0.2, 0) is 9.53 Å². The number of methoxy groups -OCH3 is 1. The standard InChI is InChI=1S/C6H8O2S/c1-8-6(7)5-3-2-4-9-5/h2-3,5H,4H2,1H3. The lowest BCUT2D eigenvalue weighted by Crippen LogP contribution is -2.13. The van der Waals surface area contributed by atoms with Gasteiger partial charge in [-0.25, -0.2) is 0 Å². The van der Waals surface area contributed by atoms with E-state index in [9.17, 15) is 4.79 Å². The molecule has 9 heavy (non-hydrogen) atoms. The van der Waals surface area contributed by atoms with Gasteiger partial charge in [0.2, 0.25) is 0 Å². The molecular formula is C6H8O2S. The number of ether oxygens (including phenoxy) is 1. The normalized spacial score (nSPS) is 24.3. The second kappa shape index (κ2) is 2.92. The van der Waals surface area contributed by atoms with Gasteiger partial charge in [-0.05, 0) is 0 Å². The molecule has 2 nitrogen and oxygen atoms in total. The first-order valence-electron chi connectivity index (χ1n) is 2.70. The Morgan fingerprint density at radius 3 is 3.11 bits per heavy atom. The Kier molecular flexibility index (Phi) is 2.16. The van der Waals surface area contributed by atoms with E-state index in [1.807, 2.05) is 12.2 Å². The molecule has 0 aromatic rings. The van der Waals surface area contributed by atoms with Crippen LogP contribution in [0.25, 0.3) is 0 Å². The molecule has 0 aliphatic carbocycles. The van der Waals surface area contributed by atoms with Gasteiger partial charge in [0.05, 0.1) is 7.11 Å². The molecule has 0 radical (unpaired) electrons. The molecular weight excluding hydrogens is 136 g/mol. The molecule has 0 bridgehead atoms. The summed E-state index contributed by atoms with van der Waals surface area (Å²) in [5.41, 5.74) is 0. The minimum Gasteiger partial charge on any atom is -0.468 e. The van der Waals surface area contributed by atoms with Crippen LogP contribution >= 0.6 is 11.8 Å². The average Bonchev–Trinajstić information content (AvgIpc) is 2.37. The van der Waals surface area contributed by atoms with E-state index in [2.05, 4.69) is 4.74 Å². The fourth-order valence-electron chi connectivity index (χ4n) is 0.657. The zero-order valence-electron chi connectivity index (χ0n) is 5.16. The number of hydrogen-bond donors (Lipinski definition) is 0. The molecule has 1 rings (SSSR count). The second-order valence-electron chi connectivity index (χ2n) is 1.71. The number of thioether (sulfide) groups is 1. The van der Waals surface area contributed by atoms with E-state index in [-0.39, 0.29) is 11.2 Å². The van der Waals surface area contributed by atoms with Gasteiger partial charge >= 0.3 is 5.97 Å². The predicted octanol–water partition coefficient (Wildman–Crippen LogP) is 0.831. The molecule has 0 N–H and O–H groups in total.